The number of anilines is 2. The summed E-state index contributed by atoms with van der Waals surface area (Å²) in [5.74, 6) is -1.87. The molecule has 0 fully saturated rings. The highest BCUT2D eigenvalue weighted by atomic mass is 32.2. The van der Waals surface area contributed by atoms with Crippen molar-refractivity contribution in [3.8, 4) is 0 Å². The molecule has 0 aliphatic heterocycles. The van der Waals surface area contributed by atoms with Crippen molar-refractivity contribution in [2.75, 3.05) is 10.6 Å². The van der Waals surface area contributed by atoms with E-state index in [1.165, 1.54) is 11.8 Å². The summed E-state index contributed by atoms with van der Waals surface area (Å²) in [6.45, 7) is 1.95. The van der Waals surface area contributed by atoms with E-state index in [0.717, 1.165) is 21.6 Å². The molecule has 0 bridgehead atoms. The Hall–Kier alpha value is -5.93. The lowest BCUT2D eigenvalue weighted by Gasteiger charge is -2.18. The molecule has 47 heavy (non-hydrogen) atoms. The van der Waals surface area contributed by atoms with Crippen molar-refractivity contribution >= 4 is 52.8 Å². The van der Waals surface area contributed by atoms with Crippen LogP contribution in [0.15, 0.2) is 144 Å². The van der Waals surface area contributed by atoms with E-state index in [-0.39, 0.29) is 17.2 Å². The Morgan fingerprint density at radius 2 is 1.38 bits per heavy atom. The maximum Gasteiger partial charge on any atom is 0.272 e. The Balaban J connectivity index is 1.34. The quantitative estimate of drug-likeness (QED) is 0.0915. The van der Waals surface area contributed by atoms with E-state index < -0.39 is 23.0 Å². The number of para-hydroxylation sites is 1. The Morgan fingerprint density at radius 1 is 0.723 bits per heavy atom. The molecule has 1 atom stereocenters. The van der Waals surface area contributed by atoms with E-state index in [2.05, 4.69) is 16.0 Å². The SMILES string of the molecule is Cc1cccc(/C=C(\NC(=O)c2ccccc2)C(=O)Nc2ccc(SC(C(=O)Nc3ccccc3C(N)=O)c3ccccc3)cc2)c1. The van der Waals surface area contributed by atoms with Crippen LogP contribution in [0.4, 0.5) is 11.4 Å². The highest BCUT2D eigenvalue weighted by molar-refractivity contribution is 8.00. The maximum absolute atomic E-state index is 13.6. The highest BCUT2D eigenvalue weighted by Gasteiger charge is 2.24. The fourth-order valence-corrected chi connectivity index (χ4v) is 5.75. The van der Waals surface area contributed by atoms with Gasteiger partial charge < -0.3 is 21.7 Å². The van der Waals surface area contributed by atoms with Gasteiger partial charge in [0.15, 0.2) is 0 Å². The van der Waals surface area contributed by atoms with Gasteiger partial charge in [-0.15, -0.1) is 11.8 Å². The molecule has 8 nitrogen and oxygen atoms in total. The van der Waals surface area contributed by atoms with Crippen LogP contribution >= 0.6 is 11.8 Å². The predicted molar refractivity (Wildman–Crippen MR) is 187 cm³/mol. The Labute approximate surface area is 277 Å². The number of hydrogen-bond donors (Lipinski definition) is 4. The molecule has 5 aromatic rings. The van der Waals surface area contributed by atoms with Gasteiger partial charge in [0.25, 0.3) is 17.7 Å². The average molecular weight is 641 g/mol. The van der Waals surface area contributed by atoms with Crippen molar-refractivity contribution in [1.29, 1.82) is 0 Å². The number of hydrogen-bond acceptors (Lipinski definition) is 5. The van der Waals surface area contributed by atoms with Gasteiger partial charge in [-0.3, -0.25) is 19.2 Å². The van der Waals surface area contributed by atoms with Crippen LogP contribution in [0.1, 0.15) is 42.7 Å². The number of benzene rings is 5. The van der Waals surface area contributed by atoms with Crippen LogP contribution in [0, 0.1) is 6.92 Å². The van der Waals surface area contributed by atoms with Crippen LogP contribution in [-0.4, -0.2) is 23.6 Å². The first kappa shape index (κ1) is 32.5. The van der Waals surface area contributed by atoms with Gasteiger partial charge in [-0.1, -0.05) is 90.5 Å². The number of nitrogens with one attached hydrogen (secondary N) is 3. The summed E-state index contributed by atoms with van der Waals surface area (Å²) in [5.41, 5.74) is 9.61. The van der Waals surface area contributed by atoms with Crippen LogP contribution in [0.3, 0.4) is 0 Å². The lowest BCUT2D eigenvalue weighted by molar-refractivity contribution is -0.116. The molecule has 5 aromatic carbocycles. The van der Waals surface area contributed by atoms with Gasteiger partial charge >= 0.3 is 0 Å². The lowest BCUT2D eigenvalue weighted by Crippen LogP contribution is -2.30. The third kappa shape index (κ3) is 8.84. The molecule has 9 heteroatoms. The van der Waals surface area contributed by atoms with Gasteiger partial charge in [-0.05, 0) is 72.7 Å². The fraction of sp³-hybridized carbons (Fsp3) is 0.0526. The van der Waals surface area contributed by atoms with Gasteiger partial charge in [0.1, 0.15) is 10.9 Å². The van der Waals surface area contributed by atoms with Crippen LogP contribution in [0.25, 0.3) is 6.08 Å². The molecule has 0 saturated heterocycles. The van der Waals surface area contributed by atoms with Crippen molar-refractivity contribution in [3.05, 3.63) is 167 Å². The molecule has 4 amide bonds. The van der Waals surface area contributed by atoms with Gasteiger partial charge in [-0.2, -0.15) is 0 Å². The standard InChI is InChI=1S/C38H32N4O4S/c1-25-11-10-12-26(23-25)24-33(42-36(44)28-15-6-3-7-16-28)37(45)40-29-19-21-30(22-20-29)47-34(27-13-4-2-5-14-27)38(46)41-32-18-9-8-17-31(32)35(39)43/h2-24,34H,1H3,(H2,39,43)(H,40,45)(H,41,46)(H,42,44)/b33-24-. The number of carbonyl (C=O) groups is 4. The Kier molecular flexibility index (Phi) is 10.6. The van der Waals surface area contributed by atoms with Crippen molar-refractivity contribution in [1.82, 2.24) is 5.32 Å². The van der Waals surface area contributed by atoms with E-state index in [0.29, 0.717) is 16.9 Å². The summed E-state index contributed by atoms with van der Waals surface area (Å²) >= 11 is 1.32. The minimum atomic E-state index is -0.658. The fourth-order valence-electron chi connectivity index (χ4n) is 4.73. The average Bonchev–Trinajstić information content (AvgIpc) is 3.08. The normalized spacial score (nSPS) is 11.6. The molecule has 0 aliphatic rings. The van der Waals surface area contributed by atoms with Gasteiger partial charge in [0, 0.05) is 16.1 Å². The molecule has 1 unspecified atom stereocenters. The first-order chi connectivity index (χ1) is 22.8. The van der Waals surface area contributed by atoms with E-state index in [9.17, 15) is 19.2 Å². The minimum Gasteiger partial charge on any atom is -0.366 e. The highest BCUT2D eigenvalue weighted by Crippen LogP contribution is 2.37. The summed E-state index contributed by atoms with van der Waals surface area (Å²) < 4.78 is 0. The van der Waals surface area contributed by atoms with Crippen LogP contribution in [0.5, 0.6) is 0 Å². The molecule has 0 aliphatic carbocycles. The summed E-state index contributed by atoms with van der Waals surface area (Å²) in [4.78, 5) is 52.7. The van der Waals surface area contributed by atoms with Gasteiger partial charge in [0.2, 0.25) is 5.91 Å². The van der Waals surface area contributed by atoms with Gasteiger partial charge in [-0.25, -0.2) is 0 Å². The zero-order valence-electron chi connectivity index (χ0n) is 25.5. The molecule has 0 saturated carbocycles. The zero-order chi connectivity index (χ0) is 33.2. The number of carbonyl (C=O) groups excluding carboxylic acids is 4. The largest absolute Gasteiger partial charge is 0.366 e. The molecule has 234 valence electrons. The number of aryl methyl sites for hydroxylation is 1. The maximum atomic E-state index is 13.6. The van der Waals surface area contributed by atoms with E-state index >= 15 is 0 Å². The summed E-state index contributed by atoms with van der Waals surface area (Å²) in [7, 11) is 0. The monoisotopic (exact) mass is 640 g/mol. The number of nitrogens with two attached hydrogens (primary N) is 1. The third-order valence-corrected chi connectivity index (χ3v) is 8.31. The second kappa shape index (κ2) is 15.4. The van der Waals surface area contributed by atoms with Gasteiger partial charge in [0.05, 0.1) is 11.3 Å². The molecular formula is C38H32N4O4S. The van der Waals surface area contributed by atoms with E-state index in [1.54, 1.807) is 78.9 Å². The minimum absolute atomic E-state index is 0.0833. The van der Waals surface area contributed by atoms with Crippen LogP contribution < -0.4 is 21.7 Å². The number of amides is 4. The van der Waals surface area contributed by atoms with Crippen molar-refractivity contribution in [3.63, 3.8) is 0 Å². The molecule has 5 rings (SSSR count). The summed E-state index contributed by atoms with van der Waals surface area (Å²) in [5, 5.41) is 7.81. The second-order valence-corrected chi connectivity index (χ2v) is 11.8. The van der Waals surface area contributed by atoms with E-state index in [1.807, 2.05) is 67.6 Å². The summed E-state index contributed by atoms with van der Waals surface area (Å²) in [6.07, 6.45) is 1.63. The lowest BCUT2D eigenvalue weighted by atomic mass is 10.1. The van der Waals surface area contributed by atoms with Crippen molar-refractivity contribution < 1.29 is 19.2 Å². The first-order valence-electron chi connectivity index (χ1n) is 14.7. The predicted octanol–water partition coefficient (Wildman–Crippen LogP) is 6.98. The molecule has 0 spiro atoms. The topological polar surface area (TPSA) is 130 Å². The summed E-state index contributed by atoms with van der Waals surface area (Å²) in [6, 6.07) is 39.2. The zero-order valence-corrected chi connectivity index (χ0v) is 26.3. The number of primary amides is 1. The molecule has 5 N–H and O–H groups in total. The molecule has 0 aromatic heterocycles. The molecule has 0 radical (unpaired) electrons. The molecular weight excluding hydrogens is 609 g/mol. The first-order valence-corrected chi connectivity index (χ1v) is 15.6. The van der Waals surface area contributed by atoms with E-state index in [4.69, 9.17) is 5.73 Å². The third-order valence-electron chi connectivity index (χ3n) is 7.04. The second-order valence-electron chi connectivity index (χ2n) is 10.6. The van der Waals surface area contributed by atoms with Crippen molar-refractivity contribution in [2.45, 2.75) is 17.1 Å². The number of thioether (sulfide) groups is 1. The molecule has 0 heterocycles. The Bertz CT molecular complexity index is 1930. The number of rotatable bonds is 11. The van der Waals surface area contributed by atoms with Crippen LogP contribution in [-0.2, 0) is 9.59 Å². The van der Waals surface area contributed by atoms with Crippen molar-refractivity contribution in [2.24, 2.45) is 5.73 Å². The smallest absolute Gasteiger partial charge is 0.272 e. The van der Waals surface area contributed by atoms with Crippen LogP contribution in [0.2, 0.25) is 0 Å². The Morgan fingerprint density at radius 3 is 2.06 bits per heavy atom.